The Balaban J connectivity index is 1.98. The molecule has 1 fully saturated rings. The van der Waals surface area contributed by atoms with Gasteiger partial charge in [-0.3, -0.25) is 9.59 Å². The molecule has 0 spiro atoms. The van der Waals surface area contributed by atoms with Crippen LogP contribution in [0.2, 0.25) is 0 Å². The first-order chi connectivity index (χ1) is 7.77. The fraction of sp³-hybridized carbons (Fsp3) is 0.727. The molecule has 88 valence electrons. The molecule has 2 aliphatic rings. The van der Waals surface area contributed by atoms with Crippen LogP contribution in [0.3, 0.4) is 0 Å². The maximum Gasteiger partial charge on any atom is 0.270 e. The molecule has 5 nitrogen and oxygen atoms in total. The van der Waals surface area contributed by atoms with Crippen LogP contribution in [-0.2, 0) is 9.59 Å². The van der Waals surface area contributed by atoms with Gasteiger partial charge >= 0.3 is 0 Å². The van der Waals surface area contributed by atoms with Gasteiger partial charge in [-0.15, -0.1) is 0 Å². The fourth-order valence-corrected chi connectivity index (χ4v) is 2.08. The predicted molar refractivity (Wildman–Crippen MR) is 59.9 cm³/mol. The van der Waals surface area contributed by atoms with Gasteiger partial charge in [0.25, 0.3) is 5.91 Å². The summed E-state index contributed by atoms with van der Waals surface area (Å²) in [5, 5.41) is 3.84. The molecule has 16 heavy (non-hydrogen) atoms. The Morgan fingerprint density at radius 2 is 1.81 bits per heavy atom. The minimum atomic E-state index is -0.104. The molecule has 0 saturated carbocycles. The van der Waals surface area contributed by atoms with Crippen molar-refractivity contribution in [3.8, 4) is 0 Å². The average Bonchev–Trinajstić information content (AvgIpc) is 2.57. The monoisotopic (exact) mass is 223 g/mol. The lowest BCUT2D eigenvalue weighted by Crippen LogP contribution is -2.40. The Morgan fingerprint density at radius 1 is 1.12 bits per heavy atom. The summed E-state index contributed by atoms with van der Waals surface area (Å²) < 4.78 is 0. The molecule has 1 saturated heterocycles. The second-order valence-corrected chi connectivity index (χ2v) is 4.30. The summed E-state index contributed by atoms with van der Waals surface area (Å²) in [4.78, 5) is 24.8. The zero-order chi connectivity index (χ0) is 11.4. The zero-order valence-corrected chi connectivity index (χ0v) is 9.37. The van der Waals surface area contributed by atoms with E-state index in [4.69, 9.17) is 0 Å². The first-order valence-electron chi connectivity index (χ1n) is 5.92. The van der Waals surface area contributed by atoms with Crippen LogP contribution in [-0.4, -0.2) is 35.5 Å². The van der Waals surface area contributed by atoms with Crippen LogP contribution in [0.4, 0.5) is 0 Å². The molecular weight excluding hydrogens is 206 g/mol. The van der Waals surface area contributed by atoms with Crippen LogP contribution in [0, 0.1) is 0 Å². The lowest BCUT2D eigenvalue weighted by molar-refractivity contribution is -0.124. The number of likely N-dealkylation sites (tertiary alicyclic amines) is 1. The number of hydrazone groups is 1. The molecule has 2 amide bonds. The Hall–Kier alpha value is -1.39. The molecule has 5 heteroatoms. The van der Waals surface area contributed by atoms with Crippen molar-refractivity contribution >= 4 is 17.5 Å². The van der Waals surface area contributed by atoms with E-state index in [1.165, 1.54) is 12.8 Å². The molecule has 2 aliphatic heterocycles. The van der Waals surface area contributed by atoms with Crippen LogP contribution in [0.1, 0.15) is 38.5 Å². The zero-order valence-electron chi connectivity index (χ0n) is 9.37. The van der Waals surface area contributed by atoms with Gasteiger partial charge < -0.3 is 4.90 Å². The summed E-state index contributed by atoms with van der Waals surface area (Å²) in [5.74, 6) is -0.102. The lowest BCUT2D eigenvalue weighted by Gasteiger charge is -2.22. The van der Waals surface area contributed by atoms with Crippen LogP contribution in [0.25, 0.3) is 0 Å². The molecule has 2 rings (SSSR count). The minimum absolute atomic E-state index is 0.00176. The highest BCUT2D eigenvalue weighted by Crippen LogP contribution is 2.12. The molecule has 0 aromatic rings. The molecule has 0 aliphatic carbocycles. The third-order valence-electron chi connectivity index (χ3n) is 3.04. The van der Waals surface area contributed by atoms with Gasteiger partial charge in [0.1, 0.15) is 5.71 Å². The minimum Gasteiger partial charge on any atom is -0.338 e. The van der Waals surface area contributed by atoms with Crippen LogP contribution in [0.15, 0.2) is 5.10 Å². The Labute approximate surface area is 94.9 Å². The van der Waals surface area contributed by atoms with Crippen molar-refractivity contribution in [3.63, 3.8) is 0 Å². The highest BCUT2D eigenvalue weighted by atomic mass is 16.2. The van der Waals surface area contributed by atoms with E-state index in [1.807, 2.05) is 4.90 Å². The normalized spacial score (nSPS) is 22.1. The summed E-state index contributed by atoms with van der Waals surface area (Å²) in [5.41, 5.74) is 2.87. The van der Waals surface area contributed by atoms with E-state index in [0.29, 0.717) is 18.6 Å². The highest BCUT2D eigenvalue weighted by Gasteiger charge is 2.23. The Kier molecular flexibility index (Phi) is 3.54. The number of carbonyl (C=O) groups excluding carboxylic acids is 2. The molecule has 0 aromatic heterocycles. The van der Waals surface area contributed by atoms with Crippen molar-refractivity contribution in [2.45, 2.75) is 38.5 Å². The maximum absolute atomic E-state index is 12.1. The van der Waals surface area contributed by atoms with Crippen molar-refractivity contribution in [1.29, 1.82) is 0 Å². The second kappa shape index (κ2) is 5.09. The number of nitrogens with one attached hydrogen (secondary N) is 1. The topological polar surface area (TPSA) is 61.8 Å². The summed E-state index contributed by atoms with van der Waals surface area (Å²) in [7, 11) is 0. The summed E-state index contributed by atoms with van der Waals surface area (Å²) in [6.07, 6.45) is 5.40. The number of hydrogen-bond donors (Lipinski definition) is 1. The number of hydrogen-bond acceptors (Lipinski definition) is 3. The largest absolute Gasteiger partial charge is 0.338 e. The number of amides is 2. The average molecular weight is 223 g/mol. The first-order valence-corrected chi connectivity index (χ1v) is 5.92. The van der Waals surface area contributed by atoms with Crippen LogP contribution < -0.4 is 5.43 Å². The van der Waals surface area contributed by atoms with Crippen molar-refractivity contribution in [3.05, 3.63) is 0 Å². The van der Waals surface area contributed by atoms with Crippen molar-refractivity contribution in [2.24, 2.45) is 5.10 Å². The van der Waals surface area contributed by atoms with Crippen LogP contribution in [0.5, 0.6) is 0 Å². The third kappa shape index (κ3) is 2.59. The molecular formula is C11H17N3O2. The van der Waals surface area contributed by atoms with E-state index in [1.54, 1.807) is 0 Å². The van der Waals surface area contributed by atoms with Gasteiger partial charge in [0, 0.05) is 25.9 Å². The predicted octanol–water partition coefficient (Wildman–Crippen LogP) is 0.655. The fourth-order valence-electron chi connectivity index (χ4n) is 2.08. The molecule has 0 atom stereocenters. The second-order valence-electron chi connectivity index (χ2n) is 4.30. The molecule has 2 heterocycles. The van der Waals surface area contributed by atoms with Crippen molar-refractivity contribution in [2.75, 3.05) is 13.1 Å². The van der Waals surface area contributed by atoms with Gasteiger partial charge in [-0.25, -0.2) is 5.43 Å². The Morgan fingerprint density at radius 3 is 2.38 bits per heavy atom. The highest BCUT2D eigenvalue weighted by molar-refractivity contribution is 6.39. The van der Waals surface area contributed by atoms with E-state index in [-0.39, 0.29) is 11.8 Å². The third-order valence-corrected chi connectivity index (χ3v) is 3.04. The first kappa shape index (κ1) is 11.1. The lowest BCUT2D eigenvalue weighted by atomic mass is 10.1. The van der Waals surface area contributed by atoms with Gasteiger partial charge in [0.15, 0.2) is 0 Å². The van der Waals surface area contributed by atoms with E-state index in [9.17, 15) is 9.59 Å². The molecule has 0 radical (unpaired) electrons. The van der Waals surface area contributed by atoms with Crippen molar-refractivity contribution < 1.29 is 9.59 Å². The van der Waals surface area contributed by atoms with Crippen molar-refractivity contribution in [1.82, 2.24) is 10.3 Å². The summed E-state index contributed by atoms with van der Waals surface area (Å²) in [6, 6.07) is 0. The molecule has 1 N–H and O–H groups in total. The molecule has 0 unspecified atom stereocenters. The number of rotatable bonds is 1. The van der Waals surface area contributed by atoms with E-state index in [0.717, 1.165) is 25.9 Å². The van der Waals surface area contributed by atoms with Gasteiger partial charge in [-0.05, 0) is 12.8 Å². The van der Waals surface area contributed by atoms with Gasteiger partial charge in [-0.2, -0.15) is 5.10 Å². The van der Waals surface area contributed by atoms with Gasteiger partial charge in [0.05, 0.1) is 0 Å². The molecule has 0 aromatic carbocycles. The quantitative estimate of drug-likeness (QED) is 0.709. The summed E-state index contributed by atoms with van der Waals surface area (Å²) >= 11 is 0. The van der Waals surface area contributed by atoms with E-state index < -0.39 is 0 Å². The van der Waals surface area contributed by atoms with E-state index >= 15 is 0 Å². The summed E-state index contributed by atoms with van der Waals surface area (Å²) in [6.45, 7) is 1.65. The number of nitrogens with zero attached hydrogens (tertiary/aromatic N) is 2. The van der Waals surface area contributed by atoms with Crippen LogP contribution >= 0.6 is 0 Å². The standard InChI is InChI=1S/C11H17N3O2/c15-10-6-5-9(12-13-10)11(16)14-7-3-1-2-4-8-14/h1-8H2,(H,13,15). The smallest absolute Gasteiger partial charge is 0.270 e. The van der Waals surface area contributed by atoms with Gasteiger partial charge in [0.2, 0.25) is 5.91 Å². The molecule has 0 bridgehead atoms. The maximum atomic E-state index is 12.1. The Bertz CT molecular complexity index is 317. The van der Waals surface area contributed by atoms with E-state index in [2.05, 4.69) is 10.5 Å². The SMILES string of the molecule is O=C1CCC(C(=O)N2CCCCCC2)=NN1. The number of carbonyl (C=O) groups is 2. The van der Waals surface area contributed by atoms with Gasteiger partial charge in [-0.1, -0.05) is 12.8 Å².